The summed E-state index contributed by atoms with van der Waals surface area (Å²) in [6.45, 7) is 3.59. The minimum atomic E-state index is -0.298. The zero-order valence-electron chi connectivity index (χ0n) is 14.4. The van der Waals surface area contributed by atoms with Crippen molar-refractivity contribution < 1.29 is 13.2 Å². The van der Waals surface area contributed by atoms with Gasteiger partial charge < -0.3 is 8.83 Å². The molecule has 1 aliphatic rings. The van der Waals surface area contributed by atoms with Crippen LogP contribution >= 0.6 is 0 Å². The highest BCUT2D eigenvalue weighted by atomic mass is 19.1. The smallest absolute Gasteiger partial charge is 0.226 e. The van der Waals surface area contributed by atoms with Gasteiger partial charge in [0, 0.05) is 18.0 Å². The summed E-state index contributed by atoms with van der Waals surface area (Å²) >= 11 is 0. The van der Waals surface area contributed by atoms with E-state index in [1.807, 2.05) is 7.05 Å². The maximum absolute atomic E-state index is 13.3. The Morgan fingerprint density at radius 3 is 2.84 bits per heavy atom. The van der Waals surface area contributed by atoms with Gasteiger partial charge >= 0.3 is 0 Å². The first-order valence-electron chi connectivity index (χ1n) is 8.56. The van der Waals surface area contributed by atoms with E-state index in [2.05, 4.69) is 28.9 Å². The van der Waals surface area contributed by atoms with E-state index in [-0.39, 0.29) is 5.82 Å². The molecule has 3 aromatic rings. The average molecular weight is 340 g/mol. The highest BCUT2D eigenvalue weighted by Gasteiger charge is 2.36. The number of hydrogen-bond donors (Lipinski definition) is 0. The number of rotatable bonds is 6. The second kappa shape index (κ2) is 6.48. The number of nitrogens with zero attached hydrogens (tertiary/aromatic N) is 2. The second-order valence-corrected chi connectivity index (χ2v) is 6.95. The molecule has 5 heteroatoms. The molecule has 0 unspecified atom stereocenters. The normalized spacial score (nSPS) is 19.5. The Hall–Kier alpha value is -2.40. The third-order valence-electron chi connectivity index (χ3n) is 4.64. The summed E-state index contributed by atoms with van der Waals surface area (Å²) in [6.07, 6.45) is 2.85. The van der Waals surface area contributed by atoms with Gasteiger partial charge in [-0.15, -0.1) is 0 Å². The molecule has 2 heterocycles. The van der Waals surface area contributed by atoms with E-state index in [4.69, 9.17) is 8.83 Å². The van der Waals surface area contributed by atoms with E-state index in [0.717, 1.165) is 23.1 Å². The second-order valence-electron chi connectivity index (χ2n) is 6.95. The van der Waals surface area contributed by atoms with Crippen molar-refractivity contribution in [3.8, 4) is 11.5 Å². The molecule has 1 aromatic carbocycles. The first-order chi connectivity index (χ1) is 12.1. The maximum Gasteiger partial charge on any atom is 0.226 e. The van der Waals surface area contributed by atoms with E-state index in [0.29, 0.717) is 30.5 Å². The standard InChI is InChI=1S/C20H21FN2O2/c1-13-8-18(13)19-7-6-17(25-19)11-23(2)10-16-12-24-20(22-16)14-4-3-5-15(21)9-14/h3-7,9,12-13,18H,8,10-11H2,1-2H3/t13-,18+/m1/s1. The van der Waals surface area contributed by atoms with E-state index in [1.165, 1.54) is 18.6 Å². The summed E-state index contributed by atoms with van der Waals surface area (Å²) in [4.78, 5) is 6.57. The quantitative estimate of drug-likeness (QED) is 0.644. The van der Waals surface area contributed by atoms with Crippen LogP contribution in [0.25, 0.3) is 11.5 Å². The SMILES string of the molecule is C[C@@H]1C[C@@H]1c1ccc(CN(C)Cc2coc(-c3cccc(F)c3)n2)o1. The molecule has 0 N–H and O–H groups in total. The fourth-order valence-electron chi connectivity index (χ4n) is 3.13. The van der Waals surface area contributed by atoms with Crippen molar-refractivity contribution in [3.05, 3.63) is 65.7 Å². The predicted octanol–water partition coefficient (Wildman–Crippen LogP) is 4.83. The average Bonchev–Trinajstić information content (AvgIpc) is 2.99. The third-order valence-corrected chi connectivity index (χ3v) is 4.64. The number of aromatic nitrogens is 1. The van der Waals surface area contributed by atoms with Crippen LogP contribution in [-0.4, -0.2) is 16.9 Å². The molecule has 0 saturated heterocycles. The van der Waals surface area contributed by atoms with E-state index < -0.39 is 0 Å². The van der Waals surface area contributed by atoms with Crippen molar-refractivity contribution in [2.75, 3.05) is 7.05 Å². The van der Waals surface area contributed by atoms with Crippen molar-refractivity contribution in [1.82, 2.24) is 9.88 Å². The summed E-state index contributed by atoms with van der Waals surface area (Å²) < 4.78 is 24.7. The van der Waals surface area contributed by atoms with Crippen molar-refractivity contribution >= 4 is 0 Å². The monoisotopic (exact) mass is 340 g/mol. The van der Waals surface area contributed by atoms with Gasteiger partial charge in [0.05, 0.1) is 12.2 Å². The minimum absolute atomic E-state index is 0.298. The van der Waals surface area contributed by atoms with Crippen molar-refractivity contribution in [1.29, 1.82) is 0 Å². The topological polar surface area (TPSA) is 42.4 Å². The van der Waals surface area contributed by atoms with Gasteiger partial charge in [0.25, 0.3) is 0 Å². The Kier molecular flexibility index (Phi) is 4.17. The molecule has 1 aliphatic carbocycles. The van der Waals surface area contributed by atoms with Gasteiger partial charge in [-0.3, -0.25) is 4.90 Å². The van der Waals surface area contributed by atoms with E-state index in [1.54, 1.807) is 18.4 Å². The van der Waals surface area contributed by atoms with Crippen LogP contribution in [0.3, 0.4) is 0 Å². The summed E-state index contributed by atoms with van der Waals surface area (Å²) in [5.74, 6) is 3.55. The van der Waals surface area contributed by atoms with Crippen LogP contribution in [0.1, 0.15) is 36.5 Å². The Bertz CT molecular complexity index is 870. The van der Waals surface area contributed by atoms with Gasteiger partial charge in [0.2, 0.25) is 5.89 Å². The van der Waals surface area contributed by atoms with Gasteiger partial charge in [0.1, 0.15) is 23.6 Å². The minimum Gasteiger partial charge on any atom is -0.464 e. The number of hydrogen-bond acceptors (Lipinski definition) is 4. The lowest BCUT2D eigenvalue weighted by Crippen LogP contribution is -2.17. The molecule has 1 fully saturated rings. The van der Waals surface area contributed by atoms with Gasteiger partial charge in [-0.2, -0.15) is 0 Å². The van der Waals surface area contributed by atoms with Crippen molar-refractivity contribution in [2.24, 2.45) is 5.92 Å². The lowest BCUT2D eigenvalue weighted by Gasteiger charge is -2.12. The summed E-state index contributed by atoms with van der Waals surface area (Å²) in [6, 6.07) is 10.4. The van der Waals surface area contributed by atoms with E-state index >= 15 is 0 Å². The molecule has 0 spiro atoms. The zero-order chi connectivity index (χ0) is 17.4. The van der Waals surface area contributed by atoms with Crippen molar-refractivity contribution in [2.45, 2.75) is 32.4 Å². The van der Waals surface area contributed by atoms with Crippen LogP contribution in [0.15, 0.2) is 51.5 Å². The van der Waals surface area contributed by atoms with Crippen molar-refractivity contribution in [3.63, 3.8) is 0 Å². The molecular formula is C20H21FN2O2. The number of oxazole rings is 1. The van der Waals surface area contributed by atoms with Crippen LogP contribution in [-0.2, 0) is 13.1 Å². The molecule has 2 aromatic heterocycles. The molecule has 4 nitrogen and oxygen atoms in total. The fourth-order valence-corrected chi connectivity index (χ4v) is 3.13. The largest absolute Gasteiger partial charge is 0.464 e. The Morgan fingerprint density at radius 2 is 2.08 bits per heavy atom. The number of halogens is 1. The molecule has 0 aliphatic heterocycles. The summed E-state index contributed by atoms with van der Waals surface area (Å²) in [5.41, 5.74) is 1.45. The summed E-state index contributed by atoms with van der Waals surface area (Å²) in [7, 11) is 2.01. The zero-order valence-corrected chi connectivity index (χ0v) is 14.4. The van der Waals surface area contributed by atoms with Gasteiger partial charge in [0.15, 0.2) is 0 Å². The molecule has 1 saturated carbocycles. The number of benzene rings is 1. The lowest BCUT2D eigenvalue weighted by atomic mass is 10.2. The highest BCUT2D eigenvalue weighted by molar-refractivity contribution is 5.52. The van der Waals surface area contributed by atoms with Gasteiger partial charge in [-0.25, -0.2) is 9.37 Å². The Labute approximate surface area is 146 Å². The number of furan rings is 1. The Morgan fingerprint density at radius 1 is 1.24 bits per heavy atom. The molecule has 0 amide bonds. The lowest BCUT2D eigenvalue weighted by molar-refractivity contribution is 0.280. The molecule has 2 atom stereocenters. The fraction of sp³-hybridized carbons (Fsp3) is 0.350. The van der Waals surface area contributed by atoms with Crippen LogP contribution < -0.4 is 0 Å². The Balaban J connectivity index is 1.38. The first kappa shape index (κ1) is 16.1. The molecule has 0 radical (unpaired) electrons. The van der Waals surface area contributed by atoms with Crippen LogP contribution in [0.5, 0.6) is 0 Å². The molecule has 25 heavy (non-hydrogen) atoms. The van der Waals surface area contributed by atoms with Crippen LogP contribution in [0, 0.1) is 11.7 Å². The van der Waals surface area contributed by atoms with E-state index in [9.17, 15) is 4.39 Å². The predicted molar refractivity (Wildman–Crippen MR) is 92.3 cm³/mol. The molecule has 0 bridgehead atoms. The van der Waals surface area contributed by atoms with Gasteiger partial charge in [-0.1, -0.05) is 13.0 Å². The van der Waals surface area contributed by atoms with Crippen LogP contribution in [0.4, 0.5) is 4.39 Å². The summed E-state index contributed by atoms with van der Waals surface area (Å²) in [5, 5.41) is 0. The molecule has 4 rings (SSSR count). The third kappa shape index (κ3) is 3.66. The van der Waals surface area contributed by atoms with Gasteiger partial charge in [-0.05, 0) is 49.7 Å². The molecular weight excluding hydrogens is 319 g/mol. The molecule has 130 valence electrons. The first-order valence-corrected chi connectivity index (χ1v) is 8.56. The van der Waals surface area contributed by atoms with Crippen LogP contribution in [0.2, 0.25) is 0 Å². The highest BCUT2D eigenvalue weighted by Crippen LogP contribution is 2.47. The maximum atomic E-state index is 13.3.